The van der Waals surface area contributed by atoms with Gasteiger partial charge in [-0.15, -0.1) is 0 Å². The first kappa shape index (κ1) is 15.9. The molecule has 0 aliphatic carbocycles. The molecule has 3 unspecified atom stereocenters. The van der Waals surface area contributed by atoms with Crippen LogP contribution in [0.5, 0.6) is 5.75 Å². The third-order valence-electron chi connectivity index (χ3n) is 5.06. The van der Waals surface area contributed by atoms with Crippen molar-refractivity contribution >= 4 is 23.0 Å². The number of aromatic nitrogens is 1. The molecule has 1 amide bonds. The van der Waals surface area contributed by atoms with Crippen LogP contribution in [0.25, 0.3) is 11.1 Å². The third kappa shape index (κ3) is 2.53. The highest BCUT2D eigenvalue weighted by Crippen LogP contribution is 2.38. The maximum absolute atomic E-state index is 12.6. The number of piperidine rings is 1. The molecule has 132 valence electrons. The predicted molar refractivity (Wildman–Crippen MR) is 87.1 cm³/mol. The Kier molecular flexibility index (Phi) is 3.64. The van der Waals surface area contributed by atoms with Gasteiger partial charge in [-0.3, -0.25) is 4.79 Å². The zero-order valence-corrected chi connectivity index (χ0v) is 13.8. The van der Waals surface area contributed by atoms with Crippen molar-refractivity contribution < 1.29 is 23.5 Å². The summed E-state index contributed by atoms with van der Waals surface area (Å²) >= 11 is 0. The smallest absolute Gasteiger partial charge is 0.378 e. The molecule has 0 spiro atoms. The van der Waals surface area contributed by atoms with E-state index in [4.69, 9.17) is 19.6 Å². The molecule has 2 aromatic rings. The average molecular weight is 345 g/mol. The Bertz CT molecular complexity index is 848. The van der Waals surface area contributed by atoms with Crippen LogP contribution in [0.3, 0.4) is 0 Å². The topological polar surface area (TPSA) is 117 Å². The number of esters is 1. The van der Waals surface area contributed by atoms with E-state index in [9.17, 15) is 9.59 Å². The molecule has 8 nitrogen and oxygen atoms in total. The van der Waals surface area contributed by atoms with Gasteiger partial charge in [-0.2, -0.15) is 0 Å². The molecule has 4 heterocycles. The Balaban J connectivity index is 1.58. The van der Waals surface area contributed by atoms with Crippen molar-refractivity contribution in [2.24, 2.45) is 5.73 Å². The number of primary amides is 1. The highest BCUT2D eigenvalue weighted by atomic mass is 16.6. The van der Waals surface area contributed by atoms with Crippen LogP contribution in [0, 0.1) is 0 Å². The van der Waals surface area contributed by atoms with Gasteiger partial charge < -0.3 is 24.9 Å². The van der Waals surface area contributed by atoms with E-state index in [2.05, 4.69) is 10.3 Å². The summed E-state index contributed by atoms with van der Waals surface area (Å²) in [6.07, 6.45) is 3.71. The second-order valence-corrected chi connectivity index (χ2v) is 6.61. The van der Waals surface area contributed by atoms with Crippen molar-refractivity contribution in [3.8, 4) is 5.75 Å². The van der Waals surface area contributed by atoms with E-state index in [-0.39, 0.29) is 17.6 Å². The lowest BCUT2D eigenvalue weighted by atomic mass is 9.88. The normalized spacial score (nSPS) is 28.0. The fourth-order valence-electron chi connectivity index (χ4n) is 3.90. The van der Waals surface area contributed by atoms with E-state index in [1.165, 1.54) is 7.11 Å². The quantitative estimate of drug-likeness (QED) is 0.798. The van der Waals surface area contributed by atoms with Crippen molar-refractivity contribution in [2.45, 2.75) is 43.4 Å². The van der Waals surface area contributed by atoms with E-state index < -0.39 is 23.5 Å². The van der Waals surface area contributed by atoms with Crippen molar-refractivity contribution in [1.82, 2.24) is 10.3 Å². The zero-order chi connectivity index (χ0) is 17.6. The Morgan fingerprint density at radius 3 is 3.08 bits per heavy atom. The number of fused-ring (bicyclic) bond motifs is 3. The Morgan fingerprint density at radius 2 is 2.32 bits per heavy atom. The number of ether oxygens (including phenoxy) is 2. The average Bonchev–Trinajstić information content (AvgIpc) is 3.13. The van der Waals surface area contributed by atoms with Gasteiger partial charge in [0.1, 0.15) is 11.6 Å². The number of pyridine rings is 1. The molecule has 4 rings (SSSR count). The van der Waals surface area contributed by atoms with Crippen molar-refractivity contribution in [3.05, 3.63) is 24.1 Å². The van der Waals surface area contributed by atoms with Gasteiger partial charge in [0.05, 0.1) is 7.11 Å². The molecule has 2 aromatic heterocycles. The summed E-state index contributed by atoms with van der Waals surface area (Å²) in [5.74, 6) is -0.792. The minimum atomic E-state index is -0.784. The van der Waals surface area contributed by atoms with Gasteiger partial charge in [0.25, 0.3) is 5.76 Å². The van der Waals surface area contributed by atoms with Crippen LogP contribution < -0.4 is 15.8 Å². The van der Waals surface area contributed by atoms with Crippen LogP contribution in [0.15, 0.2) is 22.7 Å². The van der Waals surface area contributed by atoms with Crippen LogP contribution in [0.2, 0.25) is 0 Å². The lowest BCUT2D eigenvalue weighted by molar-refractivity contribution is -0.126. The van der Waals surface area contributed by atoms with Crippen molar-refractivity contribution in [2.75, 3.05) is 7.11 Å². The van der Waals surface area contributed by atoms with Gasteiger partial charge in [0.2, 0.25) is 5.91 Å². The molecule has 2 aliphatic heterocycles. The van der Waals surface area contributed by atoms with Crippen molar-refractivity contribution in [1.29, 1.82) is 0 Å². The summed E-state index contributed by atoms with van der Waals surface area (Å²) in [6.45, 7) is 0. The Morgan fingerprint density at radius 1 is 1.48 bits per heavy atom. The second kappa shape index (κ2) is 5.73. The largest absolute Gasteiger partial charge is 0.491 e. The first-order valence-corrected chi connectivity index (χ1v) is 8.22. The van der Waals surface area contributed by atoms with Crippen LogP contribution in [0.1, 0.15) is 36.2 Å². The minimum Gasteiger partial charge on any atom is -0.491 e. The number of amides is 1. The summed E-state index contributed by atoms with van der Waals surface area (Å²) in [5.41, 5.74) is 5.68. The fraction of sp³-hybridized carbons (Fsp3) is 0.471. The highest BCUT2D eigenvalue weighted by molar-refractivity contribution is 5.97. The summed E-state index contributed by atoms with van der Waals surface area (Å²) < 4.78 is 16.5. The standard InChI is InChI=1S/C17H19N3O5/c1-23-13-12-11(3-2-6-19-12)25-14(13)15(21)24-10-7-9-4-5-17(8-10,20-9)16(18)22/h2-3,6,9-10,20H,4-5,7-8H2,1H3,(H2,18,22). The monoisotopic (exact) mass is 345 g/mol. The molecular weight excluding hydrogens is 326 g/mol. The third-order valence-corrected chi connectivity index (χ3v) is 5.06. The second-order valence-electron chi connectivity index (χ2n) is 6.61. The molecule has 0 saturated carbocycles. The van der Waals surface area contributed by atoms with Gasteiger partial charge in [-0.05, 0) is 31.4 Å². The van der Waals surface area contributed by atoms with Crippen LogP contribution in [0.4, 0.5) is 0 Å². The molecule has 2 fully saturated rings. The molecule has 2 aliphatic rings. The molecular formula is C17H19N3O5. The number of carbonyl (C=O) groups is 2. The van der Waals surface area contributed by atoms with Gasteiger partial charge >= 0.3 is 5.97 Å². The highest BCUT2D eigenvalue weighted by Gasteiger charge is 2.50. The first-order chi connectivity index (χ1) is 12.0. The van der Waals surface area contributed by atoms with E-state index in [1.54, 1.807) is 18.3 Å². The number of rotatable bonds is 4. The molecule has 2 bridgehead atoms. The zero-order valence-electron chi connectivity index (χ0n) is 13.8. The van der Waals surface area contributed by atoms with Crippen LogP contribution in [-0.2, 0) is 9.53 Å². The Hall–Kier alpha value is -2.61. The fourth-order valence-corrected chi connectivity index (χ4v) is 3.90. The molecule has 3 N–H and O–H groups in total. The summed E-state index contributed by atoms with van der Waals surface area (Å²) in [7, 11) is 1.45. The number of nitrogens with one attached hydrogen (secondary N) is 1. The van der Waals surface area contributed by atoms with Crippen LogP contribution >= 0.6 is 0 Å². The predicted octanol–water partition coefficient (Wildman–Crippen LogP) is 1.13. The van der Waals surface area contributed by atoms with Crippen LogP contribution in [-0.4, -0.2) is 41.7 Å². The van der Waals surface area contributed by atoms with Gasteiger partial charge in [0, 0.05) is 18.7 Å². The Labute approximate surface area is 143 Å². The molecule has 0 aromatic carbocycles. The SMILES string of the molecule is COc1c(C(=O)OC2CC3CCC(C(N)=O)(C2)N3)oc2cccnc12. The molecule has 0 radical (unpaired) electrons. The number of nitrogens with zero attached hydrogens (tertiary/aromatic N) is 1. The van der Waals surface area contributed by atoms with E-state index >= 15 is 0 Å². The van der Waals surface area contributed by atoms with Gasteiger partial charge in [0.15, 0.2) is 16.8 Å². The summed E-state index contributed by atoms with van der Waals surface area (Å²) in [4.78, 5) is 28.6. The first-order valence-electron chi connectivity index (χ1n) is 8.22. The number of methoxy groups -OCH3 is 1. The summed E-state index contributed by atoms with van der Waals surface area (Å²) in [6, 6.07) is 3.54. The van der Waals surface area contributed by atoms with E-state index in [1.807, 2.05) is 0 Å². The maximum Gasteiger partial charge on any atom is 0.378 e. The molecule has 25 heavy (non-hydrogen) atoms. The molecule has 8 heteroatoms. The lowest BCUT2D eigenvalue weighted by Gasteiger charge is -2.36. The number of carbonyl (C=O) groups excluding carboxylic acids is 2. The maximum atomic E-state index is 12.6. The summed E-state index contributed by atoms with van der Waals surface area (Å²) in [5, 5.41) is 3.27. The molecule has 3 atom stereocenters. The minimum absolute atomic E-state index is 0.0183. The van der Waals surface area contributed by atoms with Gasteiger partial charge in [-0.25, -0.2) is 9.78 Å². The lowest BCUT2D eigenvalue weighted by Crippen LogP contribution is -2.59. The number of furan rings is 1. The molecule has 2 saturated heterocycles. The van der Waals surface area contributed by atoms with Crippen molar-refractivity contribution in [3.63, 3.8) is 0 Å². The number of nitrogens with two attached hydrogens (primary N) is 1. The van der Waals surface area contributed by atoms with E-state index in [0.717, 1.165) is 6.42 Å². The number of hydrogen-bond donors (Lipinski definition) is 2. The van der Waals surface area contributed by atoms with E-state index in [0.29, 0.717) is 30.4 Å². The van der Waals surface area contributed by atoms with Gasteiger partial charge in [-0.1, -0.05) is 0 Å². The number of hydrogen-bond acceptors (Lipinski definition) is 7.